The van der Waals surface area contributed by atoms with E-state index >= 15 is 0 Å². The Morgan fingerprint density at radius 1 is 1.24 bits per heavy atom. The van der Waals surface area contributed by atoms with Crippen molar-refractivity contribution in [1.29, 1.82) is 0 Å². The molecule has 0 fully saturated rings. The monoisotopic (exact) mass is 291 g/mol. The lowest BCUT2D eigenvalue weighted by molar-refractivity contribution is -0.127. The Labute approximate surface area is 126 Å². The predicted octanol–water partition coefficient (Wildman–Crippen LogP) is 1.42. The van der Waals surface area contributed by atoms with Crippen molar-refractivity contribution in [2.24, 2.45) is 0 Å². The van der Waals surface area contributed by atoms with Crippen molar-refractivity contribution in [2.75, 3.05) is 38.6 Å². The second-order valence-corrected chi connectivity index (χ2v) is 5.31. The fourth-order valence-electron chi connectivity index (χ4n) is 2.01. The summed E-state index contributed by atoms with van der Waals surface area (Å²) in [6.45, 7) is 5.75. The van der Waals surface area contributed by atoms with Crippen LogP contribution in [-0.4, -0.2) is 50.4 Å². The van der Waals surface area contributed by atoms with E-state index in [-0.39, 0.29) is 18.2 Å². The normalized spacial score (nSPS) is 10.5. The number of carbonyl (C=O) groups is 2. The number of nitrogens with zero attached hydrogens (tertiary/aromatic N) is 2. The van der Waals surface area contributed by atoms with Crippen molar-refractivity contribution in [2.45, 2.75) is 20.3 Å². The number of aryl methyl sites for hydroxylation is 1. The molecule has 0 spiro atoms. The van der Waals surface area contributed by atoms with Gasteiger partial charge in [-0.05, 0) is 45.6 Å². The van der Waals surface area contributed by atoms with Crippen molar-refractivity contribution >= 4 is 17.5 Å². The van der Waals surface area contributed by atoms with E-state index in [1.807, 2.05) is 57.1 Å². The maximum atomic E-state index is 12.2. The van der Waals surface area contributed by atoms with Gasteiger partial charge in [-0.25, -0.2) is 0 Å². The first-order chi connectivity index (χ1) is 9.93. The zero-order valence-electron chi connectivity index (χ0n) is 13.3. The summed E-state index contributed by atoms with van der Waals surface area (Å²) in [6.07, 6.45) is -0.116. The second kappa shape index (κ2) is 8.42. The minimum Gasteiger partial charge on any atom is -0.354 e. The molecule has 0 radical (unpaired) electrons. The van der Waals surface area contributed by atoms with Crippen LogP contribution in [0.25, 0.3) is 0 Å². The van der Waals surface area contributed by atoms with Gasteiger partial charge in [0, 0.05) is 25.3 Å². The van der Waals surface area contributed by atoms with Crippen LogP contribution in [0, 0.1) is 6.92 Å². The average Bonchev–Trinajstić information content (AvgIpc) is 2.39. The van der Waals surface area contributed by atoms with Gasteiger partial charge in [0.1, 0.15) is 6.42 Å². The lowest BCUT2D eigenvalue weighted by atomic mass is 10.2. The molecular weight excluding hydrogens is 266 g/mol. The molecule has 0 heterocycles. The third kappa shape index (κ3) is 5.95. The summed E-state index contributed by atoms with van der Waals surface area (Å²) in [7, 11) is 3.88. The third-order valence-electron chi connectivity index (χ3n) is 3.12. The summed E-state index contributed by atoms with van der Waals surface area (Å²) in [5.41, 5.74) is 1.93. The highest BCUT2D eigenvalue weighted by atomic mass is 16.2. The summed E-state index contributed by atoms with van der Waals surface area (Å²) in [5.74, 6) is -0.404. The van der Waals surface area contributed by atoms with Crippen LogP contribution in [0.3, 0.4) is 0 Å². The summed E-state index contributed by atoms with van der Waals surface area (Å²) in [5, 5.41) is 2.76. The Morgan fingerprint density at radius 3 is 2.52 bits per heavy atom. The van der Waals surface area contributed by atoms with Crippen molar-refractivity contribution in [3.05, 3.63) is 29.8 Å². The van der Waals surface area contributed by atoms with Gasteiger partial charge in [-0.2, -0.15) is 0 Å². The van der Waals surface area contributed by atoms with Gasteiger partial charge in [-0.15, -0.1) is 0 Å². The van der Waals surface area contributed by atoms with E-state index in [2.05, 4.69) is 5.32 Å². The van der Waals surface area contributed by atoms with E-state index in [1.165, 1.54) is 0 Å². The highest BCUT2D eigenvalue weighted by Crippen LogP contribution is 2.16. The minimum absolute atomic E-state index is 0.116. The zero-order valence-corrected chi connectivity index (χ0v) is 13.3. The van der Waals surface area contributed by atoms with E-state index in [4.69, 9.17) is 0 Å². The molecule has 0 aliphatic heterocycles. The first-order valence-electron chi connectivity index (χ1n) is 7.22. The molecule has 116 valence electrons. The number of anilines is 1. The highest BCUT2D eigenvalue weighted by Gasteiger charge is 2.17. The van der Waals surface area contributed by atoms with Crippen molar-refractivity contribution in [1.82, 2.24) is 10.2 Å². The maximum Gasteiger partial charge on any atom is 0.236 e. The maximum absolute atomic E-state index is 12.2. The standard InChI is InChI=1S/C16H25N3O2/c1-5-19(14-8-6-7-13(2)11-14)16(21)12-15(20)17-9-10-18(3)4/h6-8,11H,5,9-10,12H2,1-4H3,(H,17,20). The van der Waals surface area contributed by atoms with Crippen molar-refractivity contribution in [3.63, 3.8) is 0 Å². The molecule has 5 heteroatoms. The molecule has 0 atom stereocenters. The smallest absolute Gasteiger partial charge is 0.236 e. The fraction of sp³-hybridized carbons (Fsp3) is 0.500. The molecular formula is C16H25N3O2. The van der Waals surface area contributed by atoms with Gasteiger partial charge < -0.3 is 15.1 Å². The largest absolute Gasteiger partial charge is 0.354 e. The Morgan fingerprint density at radius 2 is 1.95 bits per heavy atom. The van der Waals surface area contributed by atoms with E-state index in [0.717, 1.165) is 17.8 Å². The summed E-state index contributed by atoms with van der Waals surface area (Å²) in [4.78, 5) is 27.6. The minimum atomic E-state index is -0.229. The van der Waals surface area contributed by atoms with Gasteiger partial charge in [0.05, 0.1) is 0 Å². The van der Waals surface area contributed by atoms with Gasteiger partial charge in [0.25, 0.3) is 0 Å². The lowest BCUT2D eigenvalue weighted by Crippen LogP contribution is -2.37. The van der Waals surface area contributed by atoms with Crippen LogP contribution in [0.1, 0.15) is 18.9 Å². The zero-order chi connectivity index (χ0) is 15.8. The Bertz CT molecular complexity index is 486. The first kappa shape index (κ1) is 17.2. The van der Waals surface area contributed by atoms with E-state index in [0.29, 0.717) is 13.1 Å². The van der Waals surface area contributed by atoms with Crippen LogP contribution in [0.2, 0.25) is 0 Å². The fourth-order valence-corrected chi connectivity index (χ4v) is 2.01. The van der Waals surface area contributed by atoms with E-state index in [9.17, 15) is 9.59 Å². The molecule has 1 N–H and O–H groups in total. The Balaban J connectivity index is 2.57. The van der Waals surface area contributed by atoms with Crippen LogP contribution in [-0.2, 0) is 9.59 Å². The van der Waals surface area contributed by atoms with Crippen LogP contribution >= 0.6 is 0 Å². The lowest BCUT2D eigenvalue weighted by Gasteiger charge is -2.21. The molecule has 1 rings (SSSR count). The average molecular weight is 291 g/mol. The van der Waals surface area contributed by atoms with E-state index < -0.39 is 0 Å². The summed E-state index contributed by atoms with van der Waals surface area (Å²) in [6, 6.07) is 7.73. The molecule has 1 aromatic carbocycles. The van der Waals surface area contributed by atoms with Crippen LogP contribution < -0.4 is 10.2 Å². The first-order valence-corrected chi connectivity index (χ1v) is 7.22. The molecule has 0 saturated heterocycles. The molecule has 1 aromatic rings. The van der Waals surface area contributed by atoms with Crippen LogP contribution in [0.15, 0.2) is 24.3 Å². The van der Waals surface area contributed by atoms with Gasteiger partial charge >= 0.3 is 0 Å². The molecule has 0 aliphatic rings. The Hall–Kier alpha value is -1.88. The molecule has 0 saturated carbocycles. The molecule has 2 amide bonds. The van der Waals surface area contributed by atoms with Gasteiger partial charge in [0.15, 0.2) is 0 Å². The highest BCUT2D eigenvalue weighted by molar-refractivity contribution is 6.04. The SMILES string of the molecule is CCN(C(=O)CC(=O)NCCN(C)C)c1cccc(C)c1. The second-order valence-electron chi connectivity index (χ2n) is 5.31. The van der Waals surface area contributed by atoms with Crippen LogP contribution in [0.4, 0.5) is 5.69 Å². The number of nitrogens with one attached hydrogen (secondary N) is 1. The number of amides is 2. The van der Waals surface area contributed by atoms with Gasteiger partial charge in [0.2, 0.25) is 11.8 Å². The summed E-state index contributed by atoms with van der Waals surface area (Å²) < 4.78 is 0. The predicted molar refractivity (Wildman–Crippen MR) is 85.4 cm³/mol. The topological polar surface area (TPSA) is 52.7 Å². The van der Waals surface area contributed by atoms with Crippen molar-refractivity contribution in [3.8, 4) is 0 Å². The molecule has 0 aromatic heterocycles. The van der Waals surface area contributed by atoms with E-state index in [1.54, 1.807) is 4.90 Å². The van der Waals surface area contributed by atoms with Crippen LogP contribution in [0.5, 0.6) is 0 Å². The molecule has 5 nitrogen and oxygen atoms in total. The van der Waals surface area contributed by atoms with Crippen molar-refractivity contribution < 1.29 is 9.59 Å². The number of likely N-dealkylation sites (N-methyl/N-ethyl adjacent to an activating group) is 1. The number of hydrogen-bond donors (Lipinski definition) is 1. The van der Waals surface area contributed by atoms with Gasteiger partial charge in [-0.3, -0.25) is 9.59 Å². The molecule has 0 bridgehead atoms. The quantitative estimate of drug-likeness (QED) is 0.773. The number of hydrogen-bond acceptors (Lipinski definition) is 3. The molecule has 0 unspecified atom stereocenters. The molecule has 21 heavy (non-hydrogen) atoms. The number of benzene rings is 1. The third-order valence-corrected chi connectivity index (χ3v) is 3.12. The number of rotatable bonds is 7. The summed E-state index contributed by atoms with van der Waals surface area (Å²) >= 11 is 0. The van der Waals surface area contributed by atoms with Gasteiger partial charge in [-0.1, -0.05) is 12.1 Å². The number of carbonyl (C=O) groups excluding carboxylic acids is 2. The Kier molecular flexibility index (Phi) is 6.88. The molecule has 0 aliphatic carbocycles.